The number of hydrogen-bond acceptors (Lipinski definition) is 6. The average molecular weight is 364 g/mol. The third-order valence-electron chi connectivity index (χ3n) is 5.35. The molecule has 0 spiro atoms. The molecule has 0 aromatic carbocycles. The van der Waals surface area contributed by atoms with E-state index in [1.807, 2.05) is 6.92 Å². The molecule has 7 heteroatoms. The van der Waals surface area contributed by atoms with Crippen LogP contribution in [0.25, 0.3) is 0 Å². The zero-order chi connectivity index (χ0) is 19.3. The summed E-state index contributed by atoms with van der Waals surface area (Å²) in [5.74, 6) is 0.827. The van der Waals surface area contributed by atoms with Gasteiger partial charge in [-0.1, -0.05) is 13.8 Å². The number of nitrogens with one attached hydrogen (secondary N) is 2. The molecule has 1 fully saturated rings. The van der Waals surface area contributed by atoms with Crippen LogP contribution in [0.15, 0.2) is 6.20 Å². The number of amides is 1. The fourth-order valence-corrected chi connectivity index (χ4v) is 2.97. The second-order valence-electron chi connectivity index (χ2n) is 7.89. The van der Waals surface area contributed by atoms with Crippen molar-refractivity contribution in [3.8, 4) is 0 Å². The van der Waals surface area contributed by atoms with Gasteiger partial charge in [0, 0.05) is 24.4 Å². The zero-order valence-electron chi connectivity index (χ0n) is 16.6. The van der Waals surface area contributed by atoms with E-state index in [-0.39, 0.29) is 5.54 Å². The van der Waals surface area contributed by atoms with Crippen LogP contribution < -0.4 is 16.4 Å². The zero-order valence-corrected chi connectivity index (χ0v) is 16.6. The third kappa shape index (κ3) is 5.30. The summed E-state index contributed by atoms with van der Waals surface area (Å²) < 4.78 is 5.70. The second-order valence-corrected chi connectivity index (χ2v) is 7.89. The summed E-state index contributed by atoms with van der Waals surface area (Å²) in [6.45, 7) is 11.2. The smallest absolute Gasteiger partial charge is 0.254 e. The van der Waals surface area contributed by atoms with Crippen molar-refractivity contribution in [3.63, 3.8) is 0 Å². The molecule has 7 nitrogen and oxygen atoms in total. The van der Waals surface area contributed by atoms with E-state index in [1.54, 1.807) is 0 Å². The van der Waals surface area contributed by atoms with Crippen LogP contribution in [0, 0.1) is 5.92 Å². The molecule has 1 aromatic heterocycles. The largest absolute Gasteiger partial charge is 0.379 e. The van der Waals surface area contributed by atoms with Gasteiger partial charge in [-0.25, -0.2) is 4.98 Å². The summed E-state index contributed by atoms with van der Waals surface area (Å²) in [6, 6.07) is 0.317. The number of aromatic nitrogens is 2. The lowest BCUT2D eigenvalue weighted by Crippen LogP contribution is -2.38. The molecule has 1 heterocycles. The van der Waals surface area contributed by atoms with E-state index in [2.05, 4.69) is 48.3 Å². The fraction of sp³-hybridized carbons (Fsp3) is 0.737. The minimum absolute atomic E-state index is 0.231. The van der Waals surface area contributed by atoms with Crippen LogP contribution >= 0.6 is 0 Å². The van der Waals surface area contributed by atoms with Crippen molar-refractivity contribution in [2.75, 3.05) is 17.2 Å². The summed E-state index contributed by atoms with van der Waals surface area (Å²) in [4.78, 5) is 20.6. The molecule has 0 bridgehead atoms. The van der Waals surface area contributed by atoms with Gasteiger partial charge >= 0.3 is 0 Å². The van der Waals surface area contributed by atoms with Gasteiger partial charge in [0.15, 0.2) is 0 Å². The van der Waals surface area contributed by atoms with Gasteiger partial charge in [-0.05, 0) is 52.4 Å². The number of carbonyl (C=O) groups is 1. The summed E-state index contributed by atoms with van der Waals surface area (Å²) in [7, 11) is 0. The minimum Gasteiger partial charge on any atom is -0.379 e. The quantitative estimate of drug-likeness (QED) is 0.655. The molecule has 1 saturated carbocycles. The van der Waals surface area contributed by atoms with E-state index in [0.29, 0.717) is 35.4 Å². The highest BCUT2D eigenvalue weighted by atomic mass is 16.5. The predicted molar refractivity (Wildman–Crippen MR) is 104 cm³/mol. The third-order valence-corrected chi connectivity index (χ3v) is 5.35. The van der Waals surface area contributed by atoms with E-state index in [0.717, 1.165) is 32.3 Å². The number of ether oxygens (including phenoxy) is 1. The molecular weight excluding hydrogens is 330 g/mol. The monoisotopic (exact) mass is 363 g/mol. The van der Waals surface area contributed by atoms with Gasteiger partial charge in [0.2, 0.25) is 5.95 Å². The Bertz CT molecular complexity index is 610. The highest BCUT2D eigenvalue weighted by molar-refractivity contribution is 5.97. The molecule has 1 aliphatic rings. The van der Waals surface area contributed by atoms with Crippen molar-refractivity contribution in [1.82, 2.24) is 9.97 Å². The molecule has 1 amide bonds. The molecule has 1 aliphatic carbocycles. The Kier molecular flexibility index (Phi) is 6.81. The van der Waals surface area contributed by atoms with Crippen molar-refractivity contribution in [3.05, 3.63) is 11.8 Å². The maximum Gasteiger partial charge on any atom is 0.254 e. The lowest BCUT2D eigenvalue weighted by Gasteiger charge is -2.32. The van der Waals surface area contributed by atoms with Crippen molar-refractivity contribution in [1.29, 1.82) is 0 Å². The first-order chi connectivity index (χ1) is 12.2. The van der Waals surface area contributed by atoms with E-state index in [4.69, 9.17) is 10.5 Å². The summed E-state index contributed by atoms with van der Waals surface area (Å²) in [5, 5.41) is 6.75. The lowest BCUT2D eigenvalue weighted by atomic mass is 9.90. The van der Waals surface area contributed by atoms with Crippen LogP contribution in [-0.2, 0) is 4.74 Å². The number of carbonyl (C=O) groups excluding carboxylic acids is 1. The Hall–Kier alpha value is -1.89. The first-order valence-corrected chi connectivity index (χ1v) is 9.56. The number of hydrogen-bond donors (Lipinski definition) is 3. The maximum absolute atomic E-state index is 11.7. The van der Waals surface area contributed by atoms with Crippen LogP contribution in [0.4, 0.5) is 11.8 Å². The molecule has 0 atom stereocenters. The Balaban J connectivity index is 2.11. The topological polar surface area (TPSA) is 102 Å². The molecular formula is C19H33N5O2. The molecule has 0 aliphatic heterocycles. The molecule has 1 aromatic rings. The van der Waals surface area contributed by atoms with Gasteiger partial charge < -0.3 is 21.1 Å². The van der Waals surface area contributed by atoms with Crippen LogP contribution in [0.3, 0.4) is 0 Å². The first kappa shape index (κ1) is 20.4. The maximum atomic E-state index is 11.7. The van der Waals surface area contributed by atoms with Gasteiger partial charge in [0.25, 0.3) is 5.91 Å². The van der Waals surface area contributed by atoms with Crippen molar-refractivity contribution < 1.29 is 9.53 Å². The van der Waals surface area contributed by atoms with Crippen LogP contribution in [0.5, 0.6) is 0 Å². The van der Waals surface area contributed by atoms with E-state index in [1.165, 1.54) is 6.20 Å². The SMILES string of the molecule is CCO[C@H]1CC[C@H](Nc2ncc(C(N)=O)c(NC(C)(C)C(C)C)n2)CC1. The normalized spacial score (nSPS) is 20.8. The first-order valence-electron chi connectivity index (χ1n) is 9.56. The number of nitrogens with zero attached hydrogens (tertiary/aromatic N) is 2. The summed E-state index contributed by atoms with van der Waals surface area (Å²) in [5.41, 5.74) is 5.57. The molecule has 2 rings (SSSR count). The lowest BCUT2D eigenvalue weighted by molar-refractivity contribution is 0.0346. The number of anilines is 2. The fourth-order valence-electron chi connectivity index (χ4n) is 2.97. The molecule has 26 heavy (non-hydrogen) atoms. The van der Waals surface area contributed by atoms with Crippen molar-refractivity contribution >= 4 is 17.7 Å². The van der Waals surface area contributed by atoms with Gasteiger partial charge in [0.05, 0.1) is 11.7 Å². The number of nitrogens with two attached hydrogens (primary N) is 1. The van der Waals surface area contributed by atoms with Gasteiger partial charge in [0.1, 0.15) is 5.82 Å². The van der Waals surface area contributed by atoms with E-state index in [9.17, 15) is 4.79 Å². The van der Waals surface area contributed by atoms with E-state index < -0.39 is 5.91 Å². The Labute approximate surface area is 156 Å². The Morgan fingerprint density at radius 1 is 1.35 bits per heavy atom. The standard InChI is InChI=1S/C19H33N5O2/c1-6-26-14-9-7-13(8-10-14)22-18-21-11-15(16(20)25)17(23-18)24-19(4,5)12(2)3/h11-14H,6-10H2,1-5H3,(H2,20,25)(H2,21,22,23,24)/t13-,14-. The van der Waals surface area contributed by atoms with Crippen molar-refractivity contribution in [2.24, 2.45) is 11.7 Å². The molecule has 0 unspecified atom stereocenters. The molecule has 146 valence electrons. The molecule has 4 N–H and O–H groups in total. The highest BCUT2D eigenvalue weighted by Gasteiger charge is 2.26. The Morgan fingerprint density at radius 3 is 2.54 bits per heavy atom. The Morgan fingerprint density at radius 2 is 2.00 bits per heavy atom. The molecule has 0 radical (unpaired) electrons. The van der Waals surface area contributed by atoms with Gasteiger partial charge in [-0.2, -0.15) is 4.98 Å². The van der Waals surface area contributed by atoms with Gasteiger partial charge in [-0.15, -0.1) is 0 Å². The predicted octanol–water partition coefficient (Wildman–Crippen LogP) is 3.18. The minimum atomic E-state index is -0.532. The van der Waals surface area contributed by atoms with Crippen LogP contribution in [0.2, 0.25) is 0 Å². The summed E-state index contributed by atoms with van der Waals surface area (Å²) >= 11 is 0. The van der Waals surface area contributed by atoms with Crippen LogP contribution in [0.1, 0.15) is 70.7 Å². The van der Waals surface area contributed by atoms with Gasteiger partial charge in [-0.3, -0.25) is 4.79 Å². The summed E-state index contributed by atoms with van der Waals surface area (Å²) in [6.07, 6.45) is 5.98. The average Bonchev–Trinajstić information content (AvgIpc) is 2.56. The second kappa shape index (κ2) is 8.66. The van der Waals surface area contributed by atoms with E-state index >= 15 is 0 Å². The number of rotatable bonds is 8. The van der Waals surface area contributed by atoms with Crippen molar-refractivity contribution in [2.45, 2.75) is 78.0 Å². The molecule has 0 saturated heterocycles. The van der Waals surface area contributed by atoms with Crippen LogP contribution in [-0.4, -0.2) is 40.2 Å². The number of primary amides is 1. The highest BCUT2D eigenvalue weighted by Crippen LogP contribution is 2.26.